The average Bonchev–Trinajstić information content (AvgIpc) is 1.86. The fourth-order valence-electron chi connectivity index (χ4n) is 0.211. The van der Waals surface area contributed by atoms with Crippen LogP contribution in [0.4, 0.5) is 0 Å². The maximum Gasteiger partial charge on any atom is 0.264 e. The lowest BCUT2D eigenvalue weighted by atomic mass is 10.7. The lowest BCUT2D eigenvalue weighted by Crippen LogP contribution is -2.12. The molecule has 0 unspecified atom stereocenters. The molecule has 30 valence electrons. The van der Waals surface area contributed by atoms with Crippen LogP contribution in [0.3, 0.4) is 0 Å². The number of hydrogen-bond donors (Lipinski definition) is 1. The summed E-state index contributed by atoms with van der Waals surface area (Å²) in [4.78, 5) is 13.2. The Bertz CT molecular complexity index is 97.0. The fourth-order valence-corrected chi connectivity index (χ4v) is 0.211. The van der Waals surface area contributed by atoms with E-state index in [1.807, 2.05) is 0 Å². The largest absolute Gasteiger partial charge is 0.319 e. The van der Waals surface area contributed by atoms with Crippen molar-refractivity contribution in [3.8, 4) is 0 Å². The fraction of sp³-hybridized carbons (Fsp3) is 0. The Morgan fingerprint density at radius 2 is 2.83 bits per heavy atom. The molecule has 0 aromatic carbocycles. The summed E-state index contributed by atoms with van der Waals surface area (Å²) in [5, 5.41) is 2.21. The van der Waals surface area contributed by atoms with Crippen LogP contribution in [-0.2, 0) is 4.79 Å². The number of carbonyl (C=O) groups excluding carboxylic acids is 1. The minimum absolute atomic E-state index is 0.199. The summed E-state index contributed by atoms with van der Waals surface area (Å²) >= 11 is 0. The Labute approximate surface area is 35.1 Å². The van der Waals surface area contributed by atoms with Gasteiger partial charge in [-0.1, -0.05) is 0 Å². The van der Waals surface area contributed by atoms with Crippen molar-refractivity contribution in [1.82, 2.24) is 5.32 Å². The first-order valence-corrected chi connectivity index (χ1v) is 1.47. The van der Waals surface area contributed by atoms with Crippen LogP contribution in [0.2, 0.25) is 0 Å². The van der Waals surface area contributed by atoms with Crippen LogP contribution in [0.25, 0.3) is 0 Å². The molecule has 0 aromatic heterocycles. The minimum Gasteiger partial charge on any atom is -0.319 e. The Kier molecular flexibility index (Phi) is 0.602. The van der Waals surface area contributed by atoms with Gasteiger partial charge in [0.15, 0.2) is 0 Å². The zero-order chi connectivity index (χ0) is 4.41. The van der Waals surface area contributed by atoms with Crippen molar-refractivity contribution < 1.29 is 4.79 Å². The van der Waals surface area contributed by atoms with E-state index in [1.165, 1.54) is 6.21 Å². The summed E-state index contributed by atoms with van der Waals surface area (Å²) in [6.07, 6.45) is 1.17. The zero-order valence-electron chi connectivity index (χ0n) is 2.93. The molecule has 6 heavy (non-hydrogen) atoms. The highest BCUT2D eigenvalue weighted by Crippen LogP contribution is 1.77. The third-order valence-corrected chi connectivity index (χ3v) is 0.425. The second-order valence-corrected chi connectivity index (χ2v) is 0.859. The van der Waals surface area contributed by atoms with Crippen molar-refractivity contribution >= 4 is 12.1 Å². The molecule has 2 radical (unpaired) electrons. The van der Waals surface area contributed by atoms with E-state index in [0.717, 1.165) is 0 Å². The van der Waals surface area contributed by atoms with Gasteiger partial charge >= 0.3 is 0 Å². The molecule has 0 saturated heterocycles. The predicted molar refractivity (Wildman–Crippen MR) is 19.9 cm³/mol. The van der Waals surface area contributed by atoms with Crippen molar-refractivity contribution in [2.75, 3.05) is 0 Å². The van der Waals surface area contributed by atoms with Gasteiger partial charge in [0.25, 0.3) is 5.91 Å². The van der Waals surface area contributed by atoms with Gasteiger partial charge < -0.3 is 5.32 Å². The normalized spacial score (nSPS) is 18.3. The van der Waals surface area contributed by atoms with Crippen LogP contribution in [0.5, 0.6) is 0 Å². The maximum atomic E-state index is 9.92. The van der Waals surface area contributed by atoms with E-state index < -0.39 is 0 Å². The van der Waals surface area contributed by atoms with E-state index in [4.69, 9.17) is 0 Å². The molecule has 1 heterocycles. The molecule has 3 nitrogen and oxygen atoms in total. The summed E-state index contributed by atoms with van der Waals surface area (Å²) in [5.74, 6) is -0.199. The van der Waals surface area contributed by atoms with Crippen molar-refractivity contribution in [3.05, 3.63) is 6.67 Å². The van der Waals surface area contributed by atoms with Crippen LogP contribution < -0.4 is 5.32 Å². The molecule has 0 saturated carbocycles. The minimum atomic E-state index is -0.199. The van der Waals surface area contributed by atoms with Gasteiger partial charge in [0, 0.05) is 0 Å². The molecular formula is C3H2N2O. The molecule has 0 atom stereocenters. The lowest BCUT2D eigenvalue weighted by Gasteiger charge is -1.75. The third kappa shape index (κ3) is 0.381. The van der Waals surface area contributed by atoms with E-state index in [0.29, 0.717) is 0 Å². The number of amides is 1. The third-order valence-electron chi connectivity index (χ3n) is 0.425. The summed E-state index contributed by atoms with van der Waals surface area (Å²) in [5.41, 5.74) is 0. The van der Waals surface area contributed by atoms with Gasteiger partial charge in [0.2, 0.25) is 6.67 Å². The van der Waals surface area contributed by atoms with Crippen molar-refractivity contribution in [2.45, 2.75) is 0 Å². The first kappa shape index (κ1) is 3.33. The van der Waals surface area contributed by atoms with Crippen molar-refractivity contribution in [1.29, 1.82) is 0 Å². The molecular weight excluding hydrogens is 80.0 g/mol. The van der Waals surface area contributed by atoms with Crippen LogP contribution >= 0.6 is 0 Å². The molecule has 3 heteroatoms. The highest BCUT2D eigenvalue weighted by Gasteiger charge is 1.99. The van der Waals surface area contributed by atoms with E-state index in [-0.39, 0.29) is 5.91 Å². The van der Waals surface area contributed by atoms with Gasteiger partial charge in [-0.3, -0.25) is 4.79 Å². The number of aliphatic imine (C=N–C) groups is 1. The summed E-state index contributed by atoms with van der Waals surface area (Å²) in [7, 11) is 0. The van der Waals surface area contributed by atoms with Gasteiger partial charge in [-0.2, -0.15) is 0 Å². The molecule has 1 aliphatic heterocycles. The van der Waals surface area contributed by atoms with Crippen molar-refractivity contribution in [2.24, 2.45) is 4.99 Å². The Morgan fingerprint density at radius 1 is 2.00 bits per heavy atom. The van der Waals surface area contributed by atoms with Crippen LogP contribution in [0.15, 0.2) is 4.99 Å². The smallest absolute Gasteiger partial charge is 0.264 e. The highest BCUT2D eigenvalue weighted by molar-refractivity contribution is 6.28. The number of hydrogen-bond acceptors (Lipinski definition) is 2. The number of nitrogens with zero attached hydrogens (tertiary/aromatic N) is 1. The van der Waals surface area contributed by atoms with Crippen molar-refractivity contribution in [3.63, 3.8) is 0 Å². The molecule has 0 spiro atoms. The number of nitrogens with one attached hydrogen (secondary N) is 1. The maximum absolute atomic E-state index is 9.92. The summed E-state index contributed by atoms with van der Waals surface area (Å²) in [6, 6.07) is 0. The molecule has 0 aromatic rings. The summed E-state index contributed by atoms with van der Waals surface area (Å²) in [6.45, 7) is 2.24. The van der Waals surface area contributed by atoms with E-state index in [9.17, 15) is 4.79 Å². The molecule has 1 amide bonds. The molecule has 1 rings (SSSR count). The van der Waals surface area contributed by atoms with E-state index in [2.05, 4.69) is 17.0 Å². The average molecular weight is 82.1 g/mol. The SMILES string of the molecule is O=C1C=N[C]N1. The van der Waals surface area contributed by atoms with Gasteiger partial charge in [-0.15, -0.1) is 0 Å². The Morgan fingerprint density at radius 3 is 3.00 bits per heavy atom. The monoisotopic (exact) mass is 82.0 g/mol. The van der Waals surface area contributed by atoms with Gasteiger partial charge in [-0.25, -0.2) is 4.99 Å². The van der Waals surface area contributed by atoms with Gasteiger partial charge in [-0.05, 0) is 0 Å². The van der Waals surface area contributed by atoms with E-state index in [1.54, 1.807) is 0 Å². The highest BCUT2D eigenvalue weighted by atomic mass is 16.2. The molecule has 0 fully saturated rings. The summed E-state index contributed by atoms with van der Waals surface area (Å²) < 4.78 is 0. The predicted octanol–water partition coefficient (Wildman–Crippen LogP) is -0.817. The lowest BCUT2D eigenvalue weighted by molar-refractivity contribution is -0.113. The zero-order valence-corrected chi connectivity index (χ0v) is 2.93. The van der Waals surface area contributed by atoms with Crippen LogP contribution in [-0.4, -0.2) is 12.1 Å². The second kappa shape index (κ2) is 1.08. The van der Waals surface area contributed by atoms with E-state index >= 15 is 0 Å². The number of carbonyl (C=O) groups is 1. The molecule has 0 aliphatic carbocycles. The van der Waals surface area contributed by atoms with Crippen LogP contribution in [0.1, 0.15) is 0 Å². The van der Waals surface area contributed by atoms with Gasteiger partial charge in [0.05, 0.1) is 6.21 Å². The first-order valence-electron chi connectivity index (χ1n) is 1.47. The topological polar surface area (TPSA) is 41.5 Å². The first-order chi connectivity index (χ1) is 2.89. The second-order valence-electron chi connectivity index (χ2n) is 0.859. The molecule has 0 bridgehead atoms. The molecule has 1 N–H and O–H groups in total. The number of rotatable bonds is 0. The standard InChI is InChI=1S/C3H2N2O/c6-3-1-4-2-5-3/h1H,(H,5,6). The van der Waals surface area contributed by atoms with Gasteiger partial charge in [0.1, 0.15) is 0 Å². The Balaban J connectivity index is 2.59. The quantitative estimate of drug-likeness (QED) is 0.407. The Hall–Kier alpha value is -0.860. The van der Waals surface area contributed by atoms with Crippen LogP contribution in [0, 0.1) is 6.67 Å². The molecule has 1 aliphatic rings.